The summed E-state index contributed by atoms with van der Waals surface area (Å²) in [6.45, 7) is 20.7. The Bertz CT molecular complexity index is 546. The highest BCUT2D eigenvalue weighted by Gasteiger charge is 2.47. The van der Waals surface area contributed by atoms with Gasteiger partial charge in [-0.15, -0.1) is 0 Å². The molecule has 0 saturated carbocycles. The van der Waals surface area contributed by atoms with Crippen molar-refractivity contribution in [3.05, 3.63) is 12.2 Å². The van der Waals surface area contributed by atoms with Gasteiger partial charge in [0, 0.05) is 0 Å². The first kappa shape index (κ1) is 24.1. The number of hydrogen-bond donors (Lipinski definition) is 1. The Kier molecular flexibility index (Phi) is 7.36. The van der Waals surface area contributed by atoms with Crippen molar-refractivity contribution in [3.63, 3.8) is 0 Å². The largest absolute Gasteiger partial charge is 0.444 e. The zero-order valence-electron chi connectivity index (χ0n) is 18.8. The Labute approximate surface area is 166 Å². The summed E-state index contributed by atoms with van der Waals surface area (Å²) in [4.78, 5) is 14.1. The lowest BCUT2D eigenvalue weighted by molar-refractivity contribution is -0.0661. The zero-order valence-corrected chi connectivity index (χ0v) is 19.8. The summed E-state index contributed by atoms with van der Waals surface area (Å²) in [5.74, 6) is 0. The Morgan fingerprint density at radius 1 is 1.30 bits per heavy atom. The molecule has 0 radical (unpaired) electrons. The van der Waals surface area contributed by atoms with Gasteiger partial charge in [-0.25, -0.2) is 4.79 Å². The Morgan fingerprint density at radius 2 is 1.85 bits per heavy atom. The summed E-state index contributed by atoms with van der Waals surface area (Å²) >= 11 is 0. The van der Waals surface area contributed by atoms with Gasteiger partial charge in [-0.3, -0.25) is 4.90 Å². The highest BCUT2D eigenvalue weighted by atomic mass is 28.4. The average Bonchev–Trinajstić information content (AvgIpc) is 2.76. The molecule has 1 amide bonds. The van der Waals surface area contributed by atoms with E-state index in [0.717, 1.165) is 0 Å². The highest BCUT2D eigenvalue weighted by molar-refractivity contribution is 6.74. The molecular formula is C20H39NO5Si. The lowest BCUT2D eigenvalue weighted by Gasteiger charge is -2.36. The predicted octanol–water partition coefficient (Wildman–Crippen LogP) is 4.30. The number of aliphatic hydroxyl groups is 1. The van der Waals surface area contributed by atoms with Crippen LogP contribution in [-0.2, 0) is 13.9 Å². The Hall–Kier alpha value is -0.893. The topological polar surface area (TPSA) is 68.2 Å². The first-order valence-electron chi connectivity index (χ1n) is 9.63. The van der Waals surface area contributed by atoms with Crippen LogP contribution in [0.5, 0.6) is 0 Å². The second-order valence-corrected chi connectivity index (χ2v) is 15.0. The molecule has 0 aliphatic carbocycles. The Morgan fingerprint density at radius 3 is 2.33 bits per heavy atom. The van der Waals surface area contributed by atoms with E-state index < -0.39 is 37.9 Å². The van der Waals surface area contributed by atoms with E-state index in [1.807, 2.05) is 26.8 Å². The third-order valence-corrected chi connectivity index (χ3v) is 9.68. The summed E-state index contributed by atoms with van der Waals surface area (Å²) in [5.41, 5.74) is -1.45. The predicted molar refractivity (Wildman–Crippen MR) is 110 cm³/mol. The number of rotatable bonds is 5. The van der Waals surface area contributed by atoms with Crippen LogP contribution in [0.2, 0.25) is 18.1 Å². The van der Waals surface area contributed by atoms with E-state index in [9.17, 15) is 9.90 Å². The molecule has 0 unspecified atom stereocenters. The van der Waals surface area contributed by atoms with E-state index in [4.69, 9.17) is 13.9 Å². The molecule has 158 valence electrons. The third-order valence-electron chi connectivity index (χ3n) is 5.18. The quantitative estimate of drug-likeness (QED) is 0.549. The van der Waals surface area contributed by atoms with E-state index in [0.29, 0.717) is 6.61 Å². The monoisotopic (exact) mass is 401 g/mol. The minimum absolute atomic E-state index is 0.135. The molecule has 7 heteroatoms. The molecule has 0 aromatic rings. The van der Waals surface area contributed by atoms with Gasteiger partial charge in [-0.2, -0.15) is 0 Å². The number of nitrogens with zero attached hydrogens (tertiary/aromatic N) is 1. The molecule has 1 heterocycles. The molecule has 2 atom stereocenters. The van der Waals surface area contributed by atoms with E-state index in [1.54, 1.807) is 19.9 Å². The van der Waals surface area contributed by atoms with Crippen LogP contribution in [0.1, 0.15) is 55.4 Å². The van der Waals surface area contributed by atoms with Gasteiger partial charge in [0.2, 0.25) is 0 Å². The second-order valence-electron chi connectivity index (χ2n) is 10.2. The van der Waals surface area contributed by atoms with Crippen molar-refractivity contribution < 1.29 is 23.8 Å². The third kappa shape index (κ3) is 6.59. The van der Waals surface area contributed by atoms with Crippen LogP contribution in [0.3, 0.4) is 0 Å². The lowest BCUT2D eigenvalue weighted by atomic mass is 10.1. The van der Waals surface area contributed by atoms with Crippen LogP contribution in [0.15, 0.2) is 12.2 Å². The molecule has 1 rings (SSSR count). The fraction of sp³-hybridized carbons (Fsp3) is 0.850. The minimum Gasteiger partial charge on any atom is -0.444 e. The van der Waals surface area contributed by atoms with Crippen molar-refractivity contribution in [2.24, 2.45) is 0 Å². The van der Waals surface area contributed by atoms with Crippen LogP contribution in [0.4, 0.5) is 4.79 Å². The van der Waals surface area contributed by atoms with Crippen molar-refractivity contribution in [3.8, 4) is 0 Å². The van der Waals surface area contributed by atoms with Gasteiger partial charge < -0.3 is 19.0 Å². The summed E-state index contributed by atoms with van der Waals surface area (Å²) in [6, 6.07) is -0.501. The number of carbonyl (C=O) groups is 1. The maximum atomic E-state index is 12.6. The van der Waals surface area contributed by atoms with Gasteiger partial charge in [0.25, 0.3) is 0 Å². The molecule has 1 aliphatic heterocycles. The standard InChI is InChI=1S/C20H39NO5Si/c1-18(2,3)26-17(23)21-15(14-24-20(21,7)8)16(22)12-11-13-25-27(9,10)19(4,5)6/h11-12,15-16,22H,13-14H2,1-10H3/b12-11+/t15-,16-/m0/s1. The first-order valence-corrected chi connectivity index (χ1v) is 12.5. The number of ether oxygens (including phenoxy) is 2. The normalized spacial score (nSPS) is 22.3. The molecule has 27 heavy (non-hydrogen) atoms. The summed E-state index contributed by atoms with van der Waals surface area (Å²) in [5, 5.41) is 10.8. The first-order chi connectivity index (χ1) is 12.0. The van der Waals surface area contributed by atoms with Gasteiger partial charge in [0.05, 0.1) is 25.4 Å². The molecular weight excluding hydrogens is 362 g/mol. The van der Waals surface area contributed by atoms with Crippen molar-refractivity contribution in [1.29, 1.82) is 0 Å². The maximum absolute atomic E-state index is 12.6. The maximum Gasteiger partial charge on any atom is 0.413 e. The van der Waals surface area contributed by atoms with Gasteiger partial charge in [-0.05, 0) is 52.8 Å². The van der Waals surface area contributed by atoms with Crippen molar-refractivity contribution in [2.45, 2.75) is 97.0 Å². The van der Waals surface area contributed by atoms with Crippen LogP contribution < -0.4 is 0 Å². The van der Waals surface area contributed by atoms with Crippen LogP contribution >= 0.6 is 0 Å². The summed E-state index contributed by atoms with van der Waals surface area (Å²) < 4.78 is 17.3. The molecule has 1 saturated heterocycles. The number of carbonyl (C=O) groups excluding carboxylic acids is 1. The molecule has 0 spiro atoms. The molecule has 0 aromatic carbocycles. The SMILES string of the molecule is CC(C)(C)OC(=O)N1[C@H]([C@@H](O)/C=C/CO[Si](C)(C)C(C)(C)C)COC1(C)C. The van der Waals surface area contributed by atoms with Crippen LogP contribution in [0.25, 0.3) is 0 Å². The summed E-state index contributed by atoms with van der Waals surface area (Å²) in [6.07, 6.45) is 2.16. The van der Waals surface area contributed by atoms with E-state index in [-0.39, 0.29) is 11.6 Å². The average molecular weight is 402 g/mol. The number of aliphatic hydroxyl groups excluding tert-OH is 1. The molecule has 1 fully saturated rings. The fourth-order valence-electron chi connectivity index (χ4n) is 2.55. The second kappa shape index (κ2) is 8.23. The van der Waals surface area contributed by atoms with Gasteiger partial charge in [0.1, 0.15) is 11.3 Å². The van der Waals surface area contributed by atoms with Gasteiger partial charge in [0.15, 0.2) is 8.32 Å². The molecule has 1 aliphatic rings. The zero-order chi connectivity index (χ0) is 21.3. The van der Waals surface area contributed by atoms with Crippen LogP contribution in [-0.4, -0.2) is 61.1 Å². The Balaban J connectivity index is 2.77. The van der Waals surface area contributed by atoms with Crippen molar-refractivity contribution in [1.82, 2.24) is 4.90 Å². The van der Waals surface area contributed by atoms with Crippen molar-refractivity contribution >= 4 is 14.4 Å². The minimum atomic E-state index is -1.83. The number of amides is 1. The van der Waals surface area contributed by atoms with Gasteiger partial charge in [-0.1, -0.05) is 32.9 Å². The lowest BCUT2D eigenvalue weighted by Crippen LogP contribution is -2.53. The highest BCUT2D eigenvalue weighted by Crippen LogP contribution is 2.36. The van der Waals surface area contributed by atoms with Crippen molar-refractivity contribution in [2.75, 3.05) is 13.2 Å². The van der Waals surface area contributed by atoms with E-state index in [2.05, 4.69) is 33.9 Å². The molecule has 0 aromatic heterocycles. The van der Waals surface area contributed by atoms with E-state index >= 15 is 0 Å². The fourth-order valence-corrected chi connectivity index (χ4v) is 3.49. The van der Waals surface area contributed by atoms with Gasteiger partial charge >= 0.3 is 6.09 Å². The molecule has 6 nitrogen and oxygen atoms in total. The number of hydrogen-bond acceptors (Lipinski definition) is 5. The van der Waals surface area contributed by atoms with Crippen LogP contribution in [0, 0.1) is 0 Å². The molecule has 1 N–H and O–H groups in total. The summed E-state index contributed by atoms with van der Waals surface area (Å²) in [7, 11) is -1.83. The smallest absolute Gasteiger partial charge is 0.413 e. The molecule has 0 bridgehead atoms. The van der Waals surface area contributed by atoms with E-state index in [1.165, 1.54) is 4.90 Å².